The average Bonchev–Trinajstić information content (AvgIpc) is 2.13. The van der Waals surface area contributed by atoms with E-state index in [1.54, 1.807) is 0 Å². The van der Waals surface area contributed by atoms with Gasteiger partial charge in [-0.15, -0.1) is 0 Å². The van der Waals surface area contributed by atoms with Gasteiger partial charge in [0.15, 0.2) is 0 Å². The van der Waals surface area contributed by atoms with Gasteiger partial charge in [0.05, 0.1) is 12.7 Å². The molecule has 0 aromatic carbocycles. The Balaban J connectivity index is 1.66. The summed E-state index contributed by atoms with van der Waals surface area (Å²) in [5.74, 6) is 0. The summed E-state index contributed by atoms with van der Waals surface area (Å²) in [4.78, 5) is 0. The molecule has 2 fully saturated rings. The third-order valence-corrected chi connectivity index (χ3v) is 3.18. The third-order valence-electron chi connectivity index (χ3n) is 3.18. The van der Waals surface area contributed by atoms with Crippen LogP contribution in [-0.4, -0.2) is 31.6 Å². The van der Waals surface area contributed by atoms with E-state index in [2.05, 4.69) is 12.2 Å². The van der Waals surface area contributed by atoms with E-state index in [0.29, 0.717) is 18.4 Å². The number of hydrogen-bond donors (Lipinski definition) is 1. The zero-order valence-corrected chi connectivity index (χ0v) is 8.34. The largest absolute Gasteiger partial charge is 0.355 e. The second-order valence-electron chi connectivity index (χ2n) is 4.40. The average molecular weight is 185 g/mol. The van der Waals surface area contributed by atoms with E-state index in [-0.39, 0.29) is 0 Å². The maximum absolute atomic E-state index is 5.46. The molecular weight excluding hydrogens is 166 g/mol. The Morgan fingerprint density at radius 2 is 2.31 bits per heavy atom. The van der Waals surface area contributed by atoms with Crippen molar-refractivity contribution in [1.29, 1.82) is 0 Å². The second kappa shape index (κ2) is 3.95. The van der Waals surface area contributed by atoms with E-state index >= 15 is 0 Å². The van der Waals surface area contributed by atoms with Gasteiger partial charge < -0.3 is 14.8 Å². The van der Waals surface area contributed by atoms with Crippen LogP contribution in [0.5, 0.6) is 0 Å². The van der Waals surface area contributed by atoms with E-state index < -0.39 is 0 Å². The first kappa shape index (κ1) is 9.44. The lowest BCUT2D eigenvalue weighted by atomic mass is 9.78. The molecule has 0 amide bonds. The molecule has 76 valence electrons. The van der Waals surface area contributed by atoms with Crippen molar-refractivity contribution in [2.24, 2.45) is 0 Å². The number of rotatable bonds is 3. The molecule has 2 aliphatic rings. The van der Waals surface area contributed by atoms with Crippen molar-refractivity contribution in [3.8, 4) is 0 Å². The van der Waals surface area contributed by atoms with Crippen LogP contribution in [0.1, 0.15) is 32.6 Å². The van der Waals surface area contributed by atoms with E-state index in [1.807, 2.05) is 0 Å². The Kier molecular flexibility index (Phi) is 2.86. The summed E-state index contributed by atoms with van der Waals surface area (Å²) in [6.07, 6.45) is 5.40. The van der Waals surface area contributed by atoms with Crippen molar-refractivity contribution in [2.75, 3.05) is 19.9 Å². The van der Waals surface area contributed by atoms with Crippen LogP contribution in [0, 0.1) is 0 Å². The molecule has 0 aromatic heterocycles. The van der Waals surface area contributed by atoms with Crippen LogP contribution in [0.15, 0.2) is 0 Å². The molecular formula is C10H19NO2. The van der Waals surface area contributed by atoms with Crippen LogP contribution in [0.2, 0.25) is 0 Å². The van der Waals surface area contributed by atoms with Gasteiger partial charge in [0.25, 0.3) is 0 Å². The Bertz CT molecular complexity index is 162. The number of ether oxygens (including phenoxy) is 2. The molecule has 13 heavy (non-hydrogen) atoms. The Hall–Kier alpha value is -0.120. The smallest absolute Gasteiger partial charge is 0.147 e. The summed E-state index contributed by atoms with van der Waals surface area (Å²) in [7, 11) is 0. The molecule has 3 nitrogen and oxygen atoms in total. The molecule has 1 saturated carbocycles. The lowest BCUT2D eigenvalue weighted by Gasteiger charge is -2.40. The minimum absolute atomic E-state index is 0.367. The summed E-state index contributed by atoms with van der Waals surface area (Å²) in [5, 5.41) is 3.58. The second-order valence-corrected chi connectivity index (χ2v) is 4.40. The molecule has 1 atom stereocenters. The van der Waals surface area contributed by atoms with E-state index in [9.17, 15) is 0 Å². The lowest BCUT2D eigenvalue weighted by molar-refractivity contribution is -0.139. The Labute approximate surface area is 79.8 Å². The minimum atomic E-state index is 0.367. The van der Waals surface area contributed by atoms with E-state index in [1.165, 1.54) is 19.3 Å². The predicted molar refractivity (Wildman–Crippen MR) is 50.6 cm³/mol. The van der Waals surface area contributed by atoms with Gasteiger partial charge in [-0.05, 0) is 32.6 Å². The molecule has 1 saturated heterocycles. The molecule has 2 rings (SSSR count). The number of nitrogens with one attached hydrogen (secondary N) is 1. The maximum atomic E-state index is 5.46. The fraction of sp³-hybridized carbons (Fsp3) is 1.00. The predicted octanol–water partition coefficient (Wildman–Crippen LogP) is 1.28. The highest BCUT2D eigenvalue weighted by Crippen LogP contribution is 2.30. The Morgan fingerprint density at radius 3 is 2.85 bits per heavy atom. The highest BCUT2D eigenvalue weighted by Gasteiger charge is 2.31. The van der Waals surface area contributed by atoms with Crippen molar-refractivity contribution in [1.82, 2.24) is 5.32 Å². The first-order chi connectivity index (χ1) is 6.29. The van der Waals surface area contributed by atoms with Gasteiger partial charge in [-0.3, -0.25) is 0 Å². The summed E-state index contributed by atoms with van der Waals surface area (Å²) in [5.41, 5.74) is 0.404. The summed E-state index contributed by atoms with van der Waals surface area (Å²) in [6, 6.07) is 0. The lowest BCUT2D eigenvalue weighted by Crippen LogP contribution is -2.51. The van der Waals surface area contributed by atoms with E-state index in [0.717, 1.165) is 19.6 Å². The fourth-order valence-electron chi connectivity index (χ4n) is 1.91. The zero-order valence-electron chi connectivity index (χ0n) is 8.34. The Morgan fingerprint density at radius 1 is 1.46 bits per heavy atom. The molecule has 3 heteroatoms. The molecule has 1 N–H and O–H groups in total. The van der Waals surface area contributed by atoms with Gasteiger partial charge >= 0.3 is 0 Å². The van der Waals surface area contributed by atoms with Crippen molar-refractivity contribution in [3.63, 3.8) is 0 Å². The highest BCUT2D eigenvalue weighted by molar-refractivity contribution is 4.92. The van der Waals surface area contributed by atoms with Gasteiger partial charge in [0.1, 0.15) is 6.79 Å². The van der Waals surface area contributed by atoms with Crippen molar-refractivity contribution >= 4 is 0 Å². The molecule has 0 aromatic rings. The molecule has 1 heterocycles. The maximum Gasteiger partial charge on any atom is 0.147 e. The third kappa shape index (κ3) is 2.42. The van der Waals surface area contributed by atoms with Gasteiger partial charge in [0.2, 0.25) is 0 Å². The quantitative estimate of drug-likeness (QED) is 0.718. The topological polar surface area (TPSA) is 30.5 Å². The van der Waals surface area contributed by atoms with Crippen molar-refractivity contribution in [3.05, 3.63) is 0 Å². The van der Waals surface area contributed by atoms with Gasteiger partial charge in [-0.25, -0.2) is 0 Å². The summed E-state index contributed by atoms with van der Waals surface area (Å²) in [6.45, 7) is 4.61. The SMILES string of the molecule is CC1(NCC2CCOCO2)CCC1. The molecule has 1 unspecified atom stereocenters. The van der Waals surface area contributed by atoms with Gasteiger partial charge in [-0.2, -0.15) is 0 Å². The van der Waals surface area contributed by atoms with Crippen LogP contribution < -0.4 is 5.32 Å². The van der Waals surface area contributed by atoms with Gasteiger partial charge in [0, 0.05) is 12.1 Å². The zero-order chi connectivity index (χ0) is 9.15. The monoisotopic (exact) mass is 185 g/mol. The van der Waals surface area contributed by atoms with Crippen molar-refractivity contribution < 1.29 is 9.47 Å². The first-order valence-electron chi connectivity index (χ1n) is 5.23. The van der Waals surface area contributed by atoms with Crippen LogP contribution in [-0.2, 0) is 9.47 Å². The molecule has 1 aliphatic heterocycles. The van der Waals surface area contributed by atoms with Crippen LogP contribution in [0.25, 0.3) is 0 Å². The van der Waals surface area contributed by atoms with Crippen molar-refractivity contribution in [2.45, 2.75) is 44.2 Å². The molecule has 0 spiro atoms. The molecule has 1 aliphatic carbocycles. The summed E-state index contributed by atoms with van der Waals surface area (Å²) >= 11 is 0. The fourth-order valence-corrected chi connectivity index (χ4v) is 1.91. The molecule has 0 bridgehead atoms. The first-order valence-corrected chi connectivity index (χ1v) is 5.23. The van der Waals surface area contributed by atoms with Gasteiger partial charge in [-0.1, -0.05) is 0 Å². The standard InChI is InChI=1S/C10H19NO2/c1-10(4-2-5-10)11-7-9-3-6-12-8-13-9/h9,11H,2-8H2,1H3. The minimum Gasteiger partial charge on any atom is -0.355 e. The normalized spacial score (nSPS) is 32.5. The molecule has 0 radical (unpaired) electrons. The van der Waals surface area contributed by atoms with Crippen LogP contribution >= 0.6 is 0 Å². The highest BCUT2D eigenvalue weighted by atomic mass is 16.7. The van der Waals surface area contributed by atoms with Crippen LogP contribution in [0.3, 0.4) is 0 Å². The van der Waals surface area contributed by atoms with E-state index in [4.69, 9.17) is 9.47 Å². The summed E-state index contributed by atoms with van der Waals surface area (Å²) < 4.78 is 10.6. The number of hydrogen-bond acceptors (Lipinski definition) is 3. The van der Waals surface area contributed by atoms with Crippen LogP contribution in [0.4, 0.5) is 0 Å².